The van der Waals surface area contributed by atoms with Crippen LogP contribution < -0.4 is 0 Å². The Hall–Kier alpha value is -0.500. The first-order chi connectivity index (χ1) is 10.6. The van der Waals surface area contributed by atoms with Gasteiger partial charge in [0.25, 0.3) is 0 Å². The Labute approximate surface area is 131 Å². The Kier molecular flexibility index (Phi) is 7.19. The van der Waals surface area contributed by atoms with E-state index >= 15 is 0 Å². The highest BCUT2D eigenvalue weighted by Crippen LogP contribution is 2.32. The van der Waals surface area contributed by atoms with Crippen LogP contribution in [0.25, 0.3) is 0 Å². The summed E-state index contributed by atoms with van der Waals surface area (Å²) >= 11 is 0. The summed E-state index contributed by atoms with van der Waals surface area (Å²) in [4.78, 5) is 0. The third-order valence-electron chi connectivity index (χ3n) is 3.24. The largest absolute Gasteiger partial charge is 0.523 e. The Morgan fingerprint density at radius 2 is 1.48 bits per heavy atom. The normalized spacial score (nSPS) is 32.9. The van der Waals surface area contributed by atoms with Crippen LogP contribution in [0.1, 0.15) is 0 Å². The first-order valence-corrected chi connectivity index (χ1v) is 7.76. The molecule has 138 valence electrons. The molecule has 0 aliphatic carbocycles. The fraction of sp³-hybridized carbons (Fsp3) is 1.00. The van der Waals surface area contributed by atoms with Crippen molar-refractivity contribution in [2.75, 3.05) is 35.0 Å². The van der Waals surface area contributed by atoms with E-state index in [-0.39, 0.29) is 6.61 Å². The highest BCUT2D eigenvalue weighted by molar-refractivity contribution is 7.87. The van der Waals surface area contributed by atoms with Crippen LogP contribution in [-0.4, -0.2) is 79.7 Å². The summed E-state index contributed by atoms with van der Waals surface area (Å²) in [5, 5.41) is 0. The predicted octanol–water partition coefficient (Wildman–Crippen LogP) is 0.269. The zero-order valence-corrected chi connectivity index (χ0v) is 13.7. The molecule has 0 N–H and O–H groups in total. The van der Waals surface area contributed by atoms with E-state index in [0.717, 1.165) is 7.11 Å². The monoisotopic (exact) mass is 368 g/mol. The van der Waals surface area contributed by atoms with Crippen molar-refractivity contribution in [3.63, 3.8) is 0 Å². The van der Waals surface area contributed by atoms with Gasteiger partial charge in [0.05, 0.1) is 6.61 Å². The maximum absolute atomic E-state index is 12.5. The van der Waals surface area contributed by atoms with Crippen molar-refractivity contribution in [3.05, 3.63) is 0 Å². The highest BCUT2D eigenvalue weighted by atomic mass is 32.2. The third-order valence-corrected chi connectivity index (χ3v) is 4.25. The third kappa shape index (κ3) is 4.53. The van der Waals surface area contributed by atoms with Crippen LogP contribution in [0.5, 0.6) is 0 Å². The van der Waals surface area contributed by atoms with Gasteiger partial charge < -0.3 is 23.7 Å². The number of alkyl halides is 3. The second-order valence-corrected chi connectivity index (χ2v) is 6.16. The van der Waals surface area contributed by atoms with Crippen LogP contribution in [0.4, 0.5) is 13.2 Å². The van der Waals surface area contributed by atoms with Gasteiger partial charge in [0.15, 0.2) is 0 Å². The lowest BCUT2D eigenvalue weighted by Gasteiger charge is -2.43. The van der Waals surface area contributed by atoms with Gasteiger partial charge in [-0.25, -0.2) is 4.18 Å². The van der Waals surface area contributed by atoms with Crippen LogP contribution >= 0.6 is 0 Å². The van der Waals surface area contributed by atoms with Crippen LogP contribution in [0.3, 0.4) is 0 Å². The first kappa shape index (κ1) is 20.5. The second-order valence-electron chi connectivity index (χ2n) is 4.60. The fourth-order valence-corrected chi connectivity index (χ4v) is 2.75. The van der Waals surface area contributed by atoms with Crippen molar-refractivity contribution in [1.29, 1.82) is 0 Å². The molecule has 12 heteroatoms. The number of halogens is 3. The van der Waals surface area contributed by atoms with Gasteiger partial charge in [-0.1, -0.05) is 0 Å². The van der Waals surface area contributed by atoms with Gasteiger partial charge in [0.2, 0.25) is 6.29 Å². The summed E-state index contributed by atoms with van der Waals surface area (Å²) in [5.41, 5.74) is -5.59. The summed E-state index contributed by atoms with van der Waals surface area (Å²) in [6.45, 7) is -0.0826. The van der Waals surface area contributed by atoms with Gasteiger partial charge in [-0.2, -0.15) is 21.6 Å². The van der Waals surface area contributed by atoms with Gasteiger partial charge in [0, 0.05) is 28.4 Å². The summed E-state index contributed by atoms with van der Waals surface area (Å²) in [7, 11) is -0.781. The molecule has 0 amide bonds. The zero-order chi connectivity index (χ0) is 17.8. The molecular formula is C11H19F3O8S. The number of hydrogen-bond acceptors (Lipinski definition) is 8. The molecule has 8 nitrogen and oxygen atoms in total. The van der Waals surface area contributed by atoms with Crippen molar-refractivity contribution < 1.29 is 49.5 Å². The lowest BCUT2D eigenvalue weighted by atomic mass is 9.98. The van der Waals surface area contributed by atoms with Gasteiger partial charge >= 0.3 is 15.6 Å². The molecule has 0 radical (unpaired) electrons. The van der Waals surface area contributed by atoms with E-state index in [1.54, 1.807) is 0 Å². The molecule has 0 aromatic heterocycles. The van der Waals surface area contributed by atoms with Crippen molar-refractivity contribution in [3.8, 4) is 0 Å². The Bertz CT molecular complexity index is 468. The maximum atomic E-state index is 12.5. The average molecular weight is 368 g/mol. The number of ether oxygens (including phenoxy) is 5. The molecule has 1 rings (SSSR count). The molecule has 0 bridgehead atoms. The second kappa shape index (κ2) is 8.05. The lowest BCUT2D eigenvalue weighted by molar-refractivity contribution is -0.293. The van der Waals surface area contributed by atoms with Crippen LogP contribution in [-0.2, 0) is 38.0 Å². The molecule has 5 atom stereocenters. The SMILES string of the molecule is COC[C@H]1OC(OS(=O)(=O)C(F)(F)F)[C@H](OC)[C@@H](OC)[C@@H]1OC. The quantitative estimate of drug-likeness (QED) is 0.467. The summed E-state index contributed by atoms with van der Waals surface area (Å²) in [5.74, 6) is 0. The standard InChI is InChI=1S/C11H19F3O8S/c1-17-5-6-7(18-2)8(19-3)9(20-4)10(21-6)22-23(15,16)11(12,13)14/h6-10H,5H2,1-4H3/t6-,7-,8+,9-,10?/m1/s1. The zero-order valence-electron chi connectivity index (χ0n) is 12.9. The molecule has 1 aliphatic rings. The molecule has 1 heterocycles. The molecule has 1 fully saturated rings. The van der Waals surface area contributed by atoms with Crippen LogP contribution in [0, 0.1) is 0 Å². The van der Waals surface area contributed by atoms with Gasteiger partial charge in [-0.05, 0) is 0 Å². The van der Waals surface area contributed by atoms with E-state index in [0.29, 0.717) is 0 Å². The van der Waals surface area contributed by atoms with Gasteiger partial charge in [-0.3, -0.25) is 0 Å². The smallest absolute Gasteiger partial charge is 0.382 e. The Morgan fingerprint density at radius 3 is 1.87 bits per heavy atom. The molecule has 0 aromatic carbocycles. The fourth-order valence-electron chi connectivity index (χ4n) is 2.24. The van der Waals surface area contributed by atoms with Crippen molar-refractivity contribution >= 4 is 10.1 Å². The minimum absolute atomic E-state index is 0.0826. The summed E-state index contributed by atoms with van der Waals surface area (Å²) < 4.78 is 89.6. The topological polar surface area (TPSA) is 89.5 Å². The van der Waals surface area contributed by atoms with Crippen molar-refractivity contribution in [2.24, 2.45) is 0 Å². The predicted molar refractivity (Wildman–Crippen MR) is 69.0 cm³/mol. The molecule has 1 aliphatic heterocycles. The van der Waals surface area contributed by atoms with Gasteiger partial charge in [0.1, 0.15) is 24.4 Å². The van der Waals surface area contributed by atoms with E-state index < -0.39 is 46.3 Å². The molecule has 0 aromatic rings. The molecule has 1 unspecified atom stereocenters. The number of hydrogen-bond donors (Lipinski definition) is 0. The van der Waals surface area contributed by atoms with E-state index in [1.165, 1.54) is 21.3 Å². The van der Waals surface area contributed by atoms with E-state index in [9.17, 15) is 21.6 Å². The summed E-state index contributed by atoms with van der Waals surface area (Å²) in [6, 6.07) is 0. The van der Waals surface area contributed by atoms with Crippen molar-refractivity contribution in [1.82, 2.24) is 0 Å². The minimum Gasteiger partial charge on any atom is -0.382 e. The first-order valence-electron chi connectivity index (χ1n) is 6.35. The van der Waals surface area contributed by atoms with Gasteiger partial charge in [-0.15, -0.1) is 0 Å². The van der Waals surface area contributed by atoms with Crippen LogP contribution in [0.2, 0.25) is 0 Å². The van der Waals surface area contributed by atoms with E-state index in [4.69, 9.17) is 23.7 Å². The molecule has 23 heavy (non-hydrogen) atoms. The highest BCUT2D eigenvalue weighted by Gasteiger charge is 2.54. The minimum atomic E-state index is -5.88. The molecule has 0 saturated carbocycles. The van der Waals surface area contributed by atoms with E-state index in [2.05, 4.69) is 4.18 Å². The number of rotatable bonds is 7. The lowest BCUT2D eigenvalue weighted by Crippen LogP contribution is -2.61. The summed E-state index contributed by atoms with van der Waals surface area (Å²) in [6.07, 6.45) is -5.77. The van der Waals surface area contributed by atoms with Crippen molar-refractivity contribution in [2.45, 2.75) is 36.2 Å². The number of methoxy groups -OCH3 is 4. The average Bonchev–Trinajstić information content (AvgIpc) is 2.45. The van der Waals surface area contributed by atoms with E-state index in [1.807, 2.05) is 0 Å². The Balaban J connectivity index is 3.09. The maximum Gasteiger partial charge on any atom is 0.523 e. The molecule has 0 spiro atoms. The van der Waals surface area contributed by atoms with Crippen LogP contribution in [0.15, 0.2) is 0 Å². The molecule has 1 saturated heterocycles. The Morgan fingerprint density at radius 1 is 0.957 bits per heavy atom. The molecular weight excluding hydrogens is 349 g/mol.